The fourth-order valence-electron chi connectivity index (χ4n) is 4.69. The third-order valence-corrected chi connectivity index (χ3v) is 6.61. The fourth-order valence-corrected chi connectivity index (χ4v) is 4.69. The molecule has 0 spiro atoms. The molecule has 180 valence electrons. The smallest absolute Gasteiger partial charge is 0.320 e. The molecule has 0 bridgehead atoms. The van der Waals surface area contributed by atoms with Crippen molar-refractivity contribution in [1.82, 2.24) is 34.4 Å². The zero-order chi connectivity index (χ0) is 24.7. The number of nitriles is 1. The van der Waals surface area contributed by atoms with Crippen molar-refractivity contribution in [2.45, 2.75) is 51.9 Å². The molecule has 4 aromatic rings. The molecule has 0 radical (unpaired) electrons. The van der Waals surface area contributed by atoms with Crippen molar-refractivity contribution in [3.8, 4) is 23.2 Å². The number of ether oxygens (including phenoxy) is 1. The van der Waals surface area contributed by atoms with Gasteiger partial charge in [-0.2, -0.15) is 14.0 Å². The molecule has 9 nitrogen and oxygen atoms in total. The molecular weight excluding hydrogens is 454 g/mol. The van der Waals surface area contributed by atoms with E-state index in [-0.39, 0.29) is 23.3 Å². The van der Waals surface area contributed by atoms with Gasteiger partial charge in [-0.05, 0) is 51.5 Å². The standard InChI is InChI=1S/C24H24F2N8O/c1-14-20(7-9-32(14)12-27)34-15(2)22(30-31-34)17-10-19-23(33(13-29-19)24(25)26)21(11-17)35-16(3)18-6-4-5-8-28-18/h4-6,8,10-11,13-14,16,20,24H,7,9H2,1-3H3/t14-,16-,20-/m1/s1. The van der Waals surface area contributed by atoms with Crippen molar-refractivity contribution in [2.75, 3.05) is 6.54 Å². The Morgan fingerprint density at radius 2 is 2.06 bits per heavy atom. The molecule has 0 saturated carbocycles. The van der Waals surface area contributed by atoms with Crippen LogP contribution in [0.25, 0.3) is 22.3 Å². The van der Waals surface area contributed by atoms with Crippen molar-refractivity contribution in [3.05, 3.63) is 54.2 Å². The number of hydrogen-bond acceptors (Lipinski definition) is 7. The van der Waals surface area contributed by atoms with Gasteiger partial charge in [0.15, 0.2) is 6.19 Å². The van der Waals surface area contributed by atoms with Gasteiger partial charge in [0, 0.05) is 18.3 Å². The van der Waals surface area contributed by atoms with Crippen LogP contribution in [-0.2, 0) is 0 Å². The van der Waals surface area contributed by atoms with Crippen molar-refractivity contribution in [2.24, 2.45) is 0 Å². The lowest BCUT2D eigenvalue weighted by Gasteiger charge is -2.20. The highest BCUT2D eigenvalue weighted by atomic mass is 19.3. The minimum Gasteiger partial charge on any atom is -0.482 e. The summed E-state index contributed by atoms with van der Waals surface area (Å²) < 4.78 is 36.3. The molecule has 11 heteroatoms. The Morgan fingerprint density at radius 1 is 1.23 bits per heavy atom. The molecule has 1 fully saturated rings. The molecule has 1 aromatic carbocycles. The van der Waals surface area contributed by atoms with Gasteiger partial charge in [0.25, 0.3) is 0 Å². The van der Waals surface area contributed by atoms with E-state index in [4.69, 9.17) is 4.74 Å². The number of alkyl halides is 2. The van der Waals surface area contributed by atoms with Crippen LogP contribution in [0.4, 0.5) is 8.78 Å². The number of halogens is 2. The van der Waals surface area contributed by atoms with Gasteiger partial charge in [-0.25, -0.2) is 9.67 Å². The van der Waals surface area contributed by atoms with Crippen LogP contribution in [0.1, 0.15) is 50.4 Å². The first-order valence-electron chi connectivity index (χ1n) is 11.3. The Kier molecular flexibility index (Phi) is 5.80. The van der Waals surface area contributed by atoms with Gasteiger partial charge in [-0.15, -0.1) is 5.10 Å². The lowest BCUT2D eigenvalue weighted by atomic mass is 10.1. The molecule has 0 aliphatic carbocycles. The average molecular weight is 479 g/mol. The topological polar surface area (TPSA) is 97.7 Å². The van der Waals surface area contributed by atoms with E-state index in [1.54, 1.807) is 29.3 Å². The summed E-state index contributed by atoms with van der Waals surface area (Å²) in [7, 11) is 0. The summed E-state index contributed by atoms with van der Waals surface area (Å²) in [4.78, 5) is 10.3. The van der Waals surface area contributed by atoms with Crippen molar-refractivity contribution in [3.63, 3.8) is 0 Å². The second-order valence-corrected chi connectivity index (χ2v) is 8.64. The van der Waals surface area contributed by atoms with Crippen LogP contribution < -0.4 is 4.74 Å². The third kappa shape index (κ3) is 3.95. The first kappa shape index (κ1) is 22.7. The van der Waals surface area contributed by atoms with E-state index in [0.717, 1.165) is 23.0 Å². The van der Waals surface area contributed by atoms with Gasteiger partial charge in [-0.3, -0.25) is 9.55 Å². The van der Waals surface area contributed by atoms with E-state index in [9.17, 15) is 14.0 Å². The summed E-state index contributed by atoms with van der Waals surface area (Å²) in [6.07, 6.45) is 5.29. The Labute approximate surface area is 200 Å². The molecule has 4 heterocycles. The first-order chi connectivity index (χ1) is 16.9. The number of pyridine rings is 1. The monoisotopic (exact) mass is 478 g/mol. The molecule has 35 heavy (non-hydrogen) atoms. The molecule has 1 aliphatic rings. The number of fused-ring (bicyclic) bond motifs is 1. The minimum absolute atomic E-state index is 0.00409. The van der Waals surface area contributed by atoms with Crippen LogP contribution >= 0.6 is 0 Å². The van der Waals surface area contributed by atoms with Crippen LogP contribution in [0.15, 0.2) is 42.9 Å². The van der Waals surface area contributed by atoms with E-state index in [1.165, 1.54) is 0 Å². The van der Waals surface area contributed by atoms with E-state index >= 15 is 0 Å². The number of imidazole rings is 1. The zero-order valence-corrected chi connectivity index (χ0v) is 19.5. The third-order valence-electron chi connectivity index (χ3n) is 6.61. The van der Waals surface area contributed by atoms with Gasteiger partial charge >= 0.3 is 6.55 Å². The summed E-state index contributed by atoms with van der Waals surface area (Å²) in [6.45, 7) is 3.62. The van der Waals surface area contributed by atoms with Crippen LogP contribution in [0.3, 0.4) is 0 Å². The van der Waals surface area contributed by atoms with Gasteiger partial charge in [-0.1, -0.05) is 11.3 Å². The van der Waals surface area contributed by atoms with E-state index in [1.807, 2.05) is 37.6 Å². The second-order valence-electron chi connectivity index (χ2n) is 8.64. The summed E-state index contributed by atoms with van der Waals surface area (Å²) in [5.74, 6) is 0.257. The summed E-state index contributed by atoms with van der Waals surface area (Å²) in [5, 5.41) is 18.1. The maximum atomic E-state index is 13.7. The zero-order valence-electron chi connectivity index (χ0n) is 19.5. The lowest BCUT2D eigenvalue weighted by molar-refractivity contribution is 0.0737. The molecule has 3 aromatic heterocycles. The fraction of sp³-hybridized carbons (Fsp3) is 0.375. The Morgan fingerprint density at radius 3 is 2.74 bits per heavy atom. The Balaban J connectivity index is 1.57. The van der Waals surface area contributed by atoms with E-state index < -0.39 is 12.7 Å². The Bertz CT molecular complexity index is 1390. The SMILES string of the molecule is Cc1c(-c2cc(O[C@H](C)c3ccccn3)c3c(c2)ncn3C(F)F)nnn1[C@@H]1CCN(C#N)[C@@H]1C. The van der Waals surface area contributed by atoms with Crippen molar-refractivity contribution >= 4 is 11.0 Å². The molecule has 0 amide bonds. The molecular formula is C24H24F2N8O. The number of nitrogens with zero attached hydrogens (tertiary/aromatic N) is 8. The highest BCUT2D eigenvalue weighted by Gasteiger charge is 2.34. The minimum atomic E-state index is -2.77. The van der Waals surface area contributed by atoms with Crippen molar-refractivity contribution in [1.29, 1.82) is 5.26 Å². The number of hydrogen-bond donors (Lipinski definition) is 0. The molecule has 5 rings (SSSR count). The number of rotatable bonds is 6. The van der Waals surface area contributed by atoms with Crippen LogP contribution in [-0.4, -0.2) is 47.0 Å². The van der Waals surface area contributed by atoms with E-state index in [2.05, 4.69) is 26.5 Å². The predicted molar refractivity (Wildman–Crippen MR) is 123 cm³/mol. The normalized spacial score (nSPS) is 18.8. The average Bonchev–Trinajstić information content (AvgIpc) is 3.56. The van der Waals surface area contributed by atoms with Crippen LogP contribution in [0.2, 0.25) is 0 Å². The number of aromatic nitrogens is 6. The molecule has 3 atom stereocenters. The molecule has 0 N–H and O–H groups in total. The summed E-state index contributed by atoms with van der Waals surface area (Å²) in [5.41, 5.74) is 3.32. The van der Waals surface area contributed by atoms with Gasteiger partial charge < -0.3 is 9.64 Å². The number of likely N-dealkylation sites (tertiary alicyclic amines) is 1. The van der Waals surface area contributed by atoms with Gasteiger partial charge in [0.05, 0.1) is 29.0 Å². The maximum absolute atomic E-state index is 13.7. The molecule has 1 saturated heterocycles. The van der Waals surface area contributed by atoms with Gasteiger partial charge in [0.1, 0.15) is 29.4 Å². The highest BCUT2D eigenvalue weighted by molar-refractivity contribution is 5.87. The Hall–Kier alpha value is -4.07. The quantitative estimate of drug-likeness (QED) is 0.372. The predicted octanol–water partition coefficient (Wildman–Crippen LogP) is 4.65. The highest BCUT2D eigenvalue weighted by Crippen LogP contribution is 2.37. The van der Waals surface area contributed by atoms with E-state index in [0.29, 0.717) is 29.0 Å². The maximum Gasteiger partial charge on any atom is 0.320 e. The summed E-state index contributed by atoms with van der Waals surface area (Å²) in [6, 6.07) is 8.88. The number of benzene rings is 1. The second kappa shape index (κ2) is 8.94. The molecule has 0 unspecified atom stereocenters. The lowest BCUT2D eigenvalue weighted by Crippen LogP contribution is -2.28. The largest absolute Gasteiger partial charge is 0.482 e. The summed E-state index contributed by atoms with van der Waals surface area (Å²) >= 11 is 0. The van der Waals surface area contributed by atoms with Crippen LogP contribution in [0.5, 0.6) is 5.75 Å². The molecule has 1 aliphatic heterocycles. The van der Waals surface area contributed by atoms with Gasteiger partial charge in [0.2, 0.25) is 0 Å². The van der Waals surface area contributed by atoms with Crippen LogP contribution in [0, 0.1) is 18.4 Å². The first-order valence-corrected chi connectivity index (χ1v) is 11.3. The van der Waals surface area contributed by atoms with Crippen molar-refractivity contribution < 1.29 is 13.5 Å².